The number of carbonyl (C=O) groups excluding carboxylic acids is 1. The molecule has 0 spiro atoms. The second-order valence-corrected chi connectivity index (χ2v) is 5.74. The quantitative estimate of drug-likeness (QED) is 0.500. The number of carbonyl (C=O) groups is 1. The molecule has 0 fully saturated rings. The Morgan fingerprint density at radius 1 is 1.04 bits per heavy atom. The summed E-state index contributed by atoms with van der Waals surface area (Å²) in [6.45, 7) is 6.69. The van der Waals surface area contributed by atoms with Crippen LogP contribution in [0.2, 0.25) is 0 Å². The molecule has 4 heteroatoms. The maximum atomic E-state index is 11.2. The van der Waals surface area contributed by atoms with E-state index in [0.29, 0.717) is 29.4 Å². The number of methoxy groups -OCH3 is 1. The van der Waals surface area contributed by atoms with Crippen LogP contribution in [0.5, 0.6) is 23.0 Å². The molecule has 4 nitrogen and oxygen atoms in total. The van der Waals surface area contributed by atoms with Gasteiger partial charge in [-0.05, 0) is 44.0 Å². The highest BCUT2D eigenvalue weighted by Gasteiger charge is 2.16. The molecular formula is C20H24O4. The lowest BCUT2D eigenvalue weighted by atomic mass is 10.1. The Labute approximate surface area is 143 Å². The van der Waals surface area contributed by atoms with Crippen LogP contribution in [0.1, 0.15) is 41.3 Å². The van der Waals surface area contributed by atoms with Gasteiger partial charge in [0.2, 0.25) is 5.75 Å². The lowest BCUT2D eigenvalue weighted by Crippen LogP contribution is -2.02. The minimum atomic E-state index is 0.481. The van der Waals surface area contributed by atoms with Crippen LogP contribution >= 0.6 is 0 Å². The molecule has 2 rings (SSSR count). The molecular weight excluding hydrogens is 304 g/mol. The average molecular weight is 328 g/mol. The van der Waals surface area contributed by atoms with Crippen molar-refractivity contribution in [3.05, 3.63) is 47.0 Å². The van der Waals surface area contributed by atoms with Gasteiger partial charge in [0.15, 0.2) is 11.5 Å². The van der Waals surface area contributed by atoms with Crippen molar-refractivity contribution in [2.24, 2.45) is 0 Å². The van der Waals surface area contributed by atoms with E-state index in [2.05, 4.69) is 6.92 Å². The number of unbranched alkanes of at least 4 members (excludes halogenated alkanes) is 1. The molecule has 0 aromatic heterocycles. The zero-order chi connectivity index (χ0) is 17.5. The van der Waals surface area contributed by atoms with Gasteiger partial charge in [-0.1, -0.05) is 31.0 Å². The lowest BCUT2D eigenvalue weighted by molar-refractivity contribution is 0.112. The van der Waals surface area contributed by atoms with E-state index in [4.69, 9.17) is 14.2 Å². The molecule has 0 aliphatic rings. The minimum Gasteiger partial charge on any atom is -0.493 e. The highest BCUT2D eigenvalue weighted by atomic mass is 16.5. The lowest BCUT2D eigenvalue weighted by Gasteiger charge is -2.17. The first-order chi connectivity index (χ1) is 11.6. The summed E-state index contributed by atoms with van der Waals surface area (Å²) in [7, 11) is 1.55. The van der Waals surface area contributed by atoms with Gasteiger partial charge in [0.25, 0.3) is 0 Å². The second-order valence-electron chi connectivity index (χ2n) is 5.74. The summed E-state index contributed by atoms with van der Waals surface area (Å²) in [4.78, 5) is 11.2. The van der Waals surface area contributed by atoms with E-state index in [9.17, 15) is 4.79 Å². The predicted molar refractivity (Wildman–Crippen MR) is 94.8 cm³/mol. The van der Waals surface area contributed by atoms with Crippen LogP contribution in [-0.4, -0.2) is 20.0 Å². The van der Waals surface area contributed by atoms with Crippen LogP contribution < -0.4 is 14.2 Å². The summed E-state index contributed by atoms with van der Waals surface area (Å²) < 4.78 is 17.3. The summed E-state index contributed by atoms with van der Waals surface area (Å²) in [5.74, 6) is 2.23. The predicted octanol–water partition coefficient (Wildman–Crippen LogP) is 5.10. The molecule has 2 aromatic rings. The van der Waals surface area contributed by atoms with Crippen LogP contribution in [0, 0.1) is 13.8 Å². The van der Waals surface area contributed by atoms with E-state index in [1.807, 2.05) is 32.0 Å². The number of hydrogen-bond donors (Lipinski definition) is 0. The van der Waals surface area contributed by atoms with Gasteiger partial charge < -0.3 is 14.2 Å². The Kier molecular flexibility index (Phi) is 6.24. The normalized spacial score (nSPS) is 10.3. The van der Waals surface area contributed by atoms with Gasteiger partial charge in [-0.2, -0.15) is 0 Å². The van der Waals surface area contributed by atoms with Crippen LogP contribution in [-0.2, 0) is 0 Å². The smallest absolute Gasteiger partial charge is 0.204 e. The number of aryl methyl sites for hydroxylation is 2. The molecule has 0 radical (unpaired) electrons. The first-order valence-corrected chi connectivity index (χ1v) is 8.14. The molecule has 0 saturated heterocycles. The molecule has 0 unspecified atom stereocenters. The SMILES string of the molecule is CCCCOc1c(OC)cc(C=O)cc1Oc1ccc(C)cc1C. The first kappa shape index (κ1) is 17.9. The molecule has 24 heavy (non-hydrogen) atoms. The van der Waals surface area contributed by atoms with Crippen molar-refractivity contribution in [3.63, 3.8) is 0 Å². The van der Waals surface area contributed by atoms with Crippen molar-refractivity contribution in [1.29, 1.82) is 0 Å². The van der Waals surface area contributed by atoms with Gasteiger partial charge in [-0.3, -0.25) is 4.79 Å². The molecule has 0 heterocycles. The molecule has 0 amide bonds. The number of ether oxygens (including phenoxy) is 3. The number of aldehydes is 1. The van der Waals surface area contributed by atoms with Gasteiger partial charge in [-0.25, -0.2) is 0 Å². The van der Waals surface area contributed by atoms with E-state index in [1.165, 1.54) is 5.56 Å². The summed E-state index contributed by atoms with van der Waals surface area (Å²) in [5, 5.41) is 0. The van der Waals surface area contributed by atoms with E-state index < -0.39 is 0 Å². The second kappa shape index (κ2) is 8.39. The Hall–Kier alpha value is -2.49. The largest absolute Gasteiger partial charge is 0.493 e. The summed E-state index contributed by atoms with van der Waals surface area (Å²) in [6, 6.07) is 9.29. The van der Waals surface area contributed by atoms with Crippen molar-refractivity contribution in [2.45, 2.75) is 33.6 Å². The molecule has 0 aliphatic carbocycles. The van der Waals surface area contributed by atoms with Gasteiger partial charge in [-0.15, -0.1) is 0 Å². The van der Waals surface area contributed by atoms with E-state index in [0.717, 1.165) is 30.4 Å². The van der Waals surface area contributed by atoms with E-state index in [-0.39, 0.29) is 0 Å². The van der Waals surface area contributed by atoms with Crippen molar-refractivity contribution < 1.29 is 19.0 Å². The Morgan fingerprint density at radius 2 is 1.79 bits per heavy atom. The third kappa shape index (κ3) is 4.28. The monoisotopic (exact) mass is 328 g/mol. The molecule has 2 aromatic carbocycles. The molecule has 0 aliphatic heterocycles. The van der Waals surface area contributed by atoms with Gasteiger partial charge >= 0.3 is 0 Å². The third-order valence-corrected chi connectivity index (χ3v) is 3.69. The van der Waals surface area contributed by atoms with Crippen LogP contribution in [0.25, 0.3) is 0 Å². The van der Waals surface area contributed by atoms with Crippen LogP contribution in [0.4, 0.5) is 0 Å². The zero-order valence-corrected chi connectivity index (χ0v) is 14.7. The van der Waals surface area contributed by atoms with Gasteiger partial charge in [0.1, 0.15) is 12.0 Å². The summed E-state index contributed by atoms with van der Waals surface area (Å²) >= 11 is 0. The third-order valence-electron chi connectivity index (χ3n) is 3.69. The first-order valence-electron chi connectivity index (χ1n) is 8.14. The highest BCUT2D eigenvalue weighted by Crippen LogP contribution is 2.41. The van der Waals surface area contributed by atoms with Crippen molar-refractivity contribution in [2.75, 3.05) is 13.7 Å². The molecule has 0 saturated carbocycles. The minimum absolute atomic E-state index is 0.481. The average Bonchev–Trinajstić information content (AvgIpc) is 2.58. The van der Waals surface area contributed by atoms with E-state index in [1.54, 1.807) is 19.2 Å². The van der Waals surface area contributed by atoms with Crippen LogP contribution in [0.15, 0.2) is 30.3 Å². The molecule has 0 atom stereocenters. The van der Waals surface area contributed by atoms with E-state index >= 15 is 0 Å². The fourth-order valence-corrected chi connectivity index (χ4v) is 2.39. The molecule has 0 N–H and O–H groups in total. The highest BCUT2D eigenvalue weighted by molar-refractivity contribution is 5.78. The van der Waals surface area contributed by atoms with Crippen molar-refractivity contribution in [1.82, 2.24) is 0 Å². The molecule has 128 valence electrons. The number of hydrogen-bond acceptors (Lipinski definition) is 4. The fourth-order valence-electron chi connectivity index (χ4n) is 2.39. The van der Waals surface area contributed by atoms with Crippen LogP contribution in [0.3, 0.4) is 0 Å². The topological polar surface area (TPSA) is 44.8 Å². The van der Waals surface area contributed by atoms with Gasteiger partial charge in [0.05, 0.1) is 13.7 Å². The maximum Gasteiger partial charge on any atom is 0.204 e. The van der Waals surface area contributed by atoms with Gasteiger partial charge in [0, 0.05) is 5.56 Å². The van der Waals surface area contributed by atoms with Crippen molar-refractivity contribution in [3.8, 4) is 23.0 Å². The number of benzene rings is 2. The summed E-state index contributed by atoms with van der Waals surface area (Å²) in [5.41, 5.74) is 2.66. The Bertz CT molecular complexity index is 707. The van der Waals surface area contributed by atoms with Crippen molar-refractivity contribution >= 4 is 6.29 Å². The summed E-state index contributed by atoms with van der Waals surface area (Å²) in [6.07, 6.45) is 2.73. The molecule has 0 bridgehead atoms. The standard InChI is InChI=1S/C20H24O4/c1-5-6-9-23-20-18(22-4)11-16(13-21)12-19(20)24-17-8-7-14(2)10-15(17)3/h7-8,10-13H,5-6,9H2,1-4H3. The Morgan fingerprint density at radius 3 is 2.42 bits per heavy atom. The maximum absolute atomic E-state index is 11.2. The fraction of sp³-hybridized carbons (Fsp3) is 0.350. The zero-order valence-electron chi connectivity index (χ0n) is 14.7. The Balaban J connectivity index is 2.42. The number of rotatable bonds is 8.